The van der Waals surface area contributed by atoms with E-state index in [1.165, 1.54) is 0 Å². The average Bonchev–Trinajstić information content (AvgIpc) is 2.84. The molecule has 1 aliphatic rings. The van der Waals surface area contributed by atoms with Gasteiger partial charge in [0.1, 0.15) is 5.78 Å². The molecule has 0 amide bonds. The van der Waals surface area contributed by atoms with Gasteiger partial charge in [0.2, 0.25) is 0 Å². The summed E-state index contributed by atoms with van der Waals surface area (Å²) in [4.78, 5) is 11.8. The van der Waals surface area contributed by atoms with Crippen LogP contribution in [0.5, 0.6) is 0 Å². The van der Waals surface area contributed by atoms with Gasteiger partial charge in [-0.3, -0.25) is 4.79 Å². The summed E-state index contributed by atoms with van der Waals surface area (Å²) in [6.07, 6.45) is 4.15. The van der Waals surface area contributed by atoms with Crippen molar-refractivity contribution in [3.05, 3.63) is 0 Å². The summed E-state index contributed by atoms with van der Waals surface area (Å²) in [5.41, 5.74) is 5.49. The van der Waals surface area contributed by atoms with Gasteiger partial charge in [-0.15, -0.1) is 0 Å². The third-order valence-electron chi connectivity index (χ3n) is 2.94. The first kappa shape index (κ1) is 9.72. The molecule has 0 aromatic rings. The number of ketones is 1. The van der Waals surface area contributed by atoms with Crippen LogP contribution in [0.1, 0.15) is 39.5 Å². The van der Waals surface area contributed by atoms with E-state index in [2.05, 4.69) is 6.92 Å². The molecule has 1 unspecified atom stereocenters. The van der Waals surface area contributed by atoms with Crippen LogP contribution in [0.15, 0.2) is 0 Å². The Labute approximate surface area is 74.5 Å². The molecule has 0 aliphatic heterocycles. The lowest BCUT2D eigenvalue weighted by molar-refractivity contribution is -0.127. The third kappa shape index (κ3) is 1.69. The van der Waals surface area contributed by atoms with Gasteiger partial charge in [0.15, 0.2) is 0 Å². The molecule has 0 radical (unpaired) electrons. The van der Waals surface area contributed by atoms with Gasteiger partial charge >= 0.3 is 0 Å². The molecule has 0 aromatic carbocycles. The molecule has 1 atom stereocenters. The second-order valence-electron chi connectivity index (χ2n) is 4.04. The van der Waals surface area contributed by atoms with Gasteiger partial charge in [-0.2, -0.15) is 0 Å². The van der Waals surface area contributed by atoms with Gasteiger partial charge in [-0.1, -0.05) is 20.3 Å². The zero-order valence-corrected chi connectivity index (χ0v) is 8.10. The van der Waals surface area contributed by atoms with Crippen LogP contribution in [-0.4, -0.2) is 12.3 Å². The molecule has 0 bridgehead atoms. The second kappa shape index (κ2) is 3.56. The molecular weight excluding hydrogens is 150 g/mol. The van der Waals surface area contributed by atoms with Gasteiger partial charge in [0.25, 0.3) is 0 Å². The molecule has 1 fully saturated rings. The van der Waals surface area contributed by atoms with Crippen molar-refractivity contribution in [1.82, 2.24) is 0 Å². The second-order valence-corrected chi connectivity index (χ2v) is 4.04. The Hall–Kier alpha value is -0.370. The minimum Gasteiger partial charge on any atom is -0.329 e. The lowest BCUT2D eigenvalue weighted by Crippen LogP contribution is -2.29. The highest BCUT2D eigenvalue weighted by Crippen LogP contribution is 2.47. The Balaban J connectivity index is 2.46. The minimum atomic E-state index is -0.0887. The number of rotatable bonds is 5. The highest BCUT2D eigenvalue weighted by atomic mass is 16.1. The first-order valence-corrected chi connectivity index (χ1v) is 4.90. The Morgan fingerprint density at radius 2 is 2.17 bits per heavy atom. The zero-order valence-electron chi connectivity index (χ0n) is 8.10. The van der Waals surface area contributed by atoms with Crippen LogP contribution in [-0.2, 0) is 4.79 Å². The molecule has 1 aliphatic carbocycles. The maximum absolute atomic E-state index is 11.8. The molecule has 2 heteroatoms. The van der Waals surface area contributed by atoms with E-state index in [4.69, 9.17) is 5.73 Å². The Morgan fingerprint density at radius 3 is 2.50 bits per heavy atom. The van der Waals surface area contributed by atoms with Crippen molar-refractivity contribution >= 4 is 5.78 Å². The summed E-state index contributed by atoms with van der Waals surface area (Å²) in [5.74, 6) is 0.632. The molecule has 0 saturated heterocycles. The average molecular weight is 169 g/mol. The predicted octanol–water partition coefficient (Wildman–Crippen LogP) is 1.73. The van der Waals surface area contributed by atoms with Crippen LogP contribution >= 0.6 is 0 Å². The van der Waals surface area contributed by atoms with E-state index in [0.717, 1.165) is 25.7 Å². The Bertz CT molecular complexity index is 173. The number of hydrogen-bond donors (Lipinski definition) is 1. The SMILES string of the molecule is CCCC(C)C(=O)C1(CN)CC1. The minimum absolute atomic E-state index is 0.0887. The van der Waals surface area contributed by atoms with Crippen molar-refractivity contribution in [2.75, 3.05) is 6.54 Å². The van der Waals surface area contributed by atoms with Gasteiger partial charge < -0.3 is 5.73 Å². The molecular formula is C10H19NO. The van der Waals surface area contributed by atoms with Crippen LogP contribution < -0.4 is 5.73 Å². The number of carbonyl (C=O) groups is 1. The first-order chi connectivity index (χ1) is 5.66. The van der Waals surface area contributed by atoms with E-state index in [-0.39, 0.29) is 11.3 Å². The lowest BCUT2D eigenvalue weighted by atomic mass is 9.89. The molecule has 2 nitrogen and oxygen atoms in total. The fourth-order valence-electron chi connectivity index (χ4n) is 1.79. The van der Waals surface area contributed by atoms with E-state index in [1.807, 2.05) is 6.92 Å². The van der Waals surface area contributed by atoms with Crippen LogP contribution in [0.25, 0.3) is 0 Å². The summed E-state index contributed by atoms with van der Waals surface area (Å²) >= 11 is 0. The molecule has 70 valence electrons. The van der Waals surface area contributed by atoms with Crippen LogP contribution in [0.3, 0.4) is 0 Å². The Kier molecular flexibility index (Phi) is 2.89. The molecule has 0 heterocycles. The number of nitrogens with two attached hydrogens (primary N) is 1. The van der Waals surface area contributed by atoms with Crippen LogP contribution in [0.2, 0.25) is 0 Å². The van der Waals surface area contributed by atoms with Crippen molar-refractivity contribution in [2.24, 2.45) is 17.1 Å². The Morgan fingerprint density at radius 1 is 1.58 bits per heavy atom. The highest BCUT2D eigenvalue weighted by molar-refractivity contribution is 5.89. The quantitative estimate of drug-likeness (QED) is 0.681. The number of Topliss-reactive ketones (excluding diaryl/α,β-unsaturated/α-hetero) is 1. The standard InChI is InChI=1S/C10H19NO/c1-3-4-8(2)9(12)10(7-11)5-6-10/h8H,3-7,11H2,1-2H3. The summed E-state index contributed by atoms with van der Waals surface area (Å²) in [6.45, 7) is 4.70. The lowest BCUT2D eigenvalue weighted by Gasteiger charge is -2.16. The topological polar surface area (TPSA) is 43.1 Å². The zero-order chi connectivity index (χ0) is 9.19. The van der Waals surface area contributed by atoms with E-state index in [9.17, 15) is 4.79 Å². The highest BCUT2D eigenvalue weighted by Gasteiger charge is 2.49. The molecule has 0 spiro atoms. The van der Waals surface area contributed by atoms with Crippen molar-refractivity contribution in [3.8, 4) is 0 Å². The summed E-state index contributed by atoms with van der Waals surface area (Å²) < 4.78 is 0. The monoisotopic (exact) mass is 169 g/mol. The third-order valence-corrected chi connectivity index (χ3v) is 2.94. The van der Waals surface area contributed by atoms with Gasteiger partial charge in [0, 0.05) is 17.9 Å². The van der Waals surface area contributed by atoms with E-state index < -0.39 is 0 Å². The fourth-order valence-corrected chi connectivity index (χ4v) is 1.79. The maximum atomic E-state index is 11.8. The molecule has 0 aromatic heterocycles. The van der Waals surface area contributed by atoms with Gasteiger partial charge in [-0.25, -0.2) is 0 Å². The largest absolute Gasteiger partial charge is 0.329 e. The van der Waals surface area contributed by atoms with Gasteiger partial charge in [-0.05, 0) is 19.3 Å². The van der Waals surface area contributed by atoms with Crippen molar-refractivity contribution in [3.63, 3.8) is 0 Å². The number of carbonyl (C=O) groups excluding carboxylic acids is 1. The van der Waals surface area contributed by atoms with E-state index in [0.29, 0.717) is 12.3 Å². The van der Waals surface area contributed by atoms with Crippen molar-refractivity contribution in [2.45, 2.75) is 39.5 Å². The van der Waals surface area contributed by atoms with E-state index in [1.54, 1.807) is 0 Å². The molecule has 12 heavy (non-hydrogen) atoms. The predicted molar refractivity (Wildman–Crippen MR) is 49.8 cm³/mol. The number of hydrogen-bond acceptors (Lipinski definition) is 2. The maximum Gasteiger partial charge on any atom is 0.143 e. The smallest absolute Gasteiger partial charge is 0.143 e. The molecule has 2 N–H and O–H groups in total. The molecule has 1 rings (SSSR count). The van der Waals surface area contributed by atoms with Crippen molar-refractivity contribution in [1.29, 1.82) is 0 Å². The summed E-state index contributed by atoms with van der Waals surface area (Å²) in [5, 5.41) is 0. The van der Waals surface area contributed by atoms with E-state index >= 15 is 0 Å². The normalized spacial score (nSPS) is 21.9. The summed E-state index contributed by atoms with van der Waals surface area (Å²) in [7, 11) is 0. The van der Waals surface area contributed by atoms with Crippen LogP contribution in [0, 0.1) is 11.3 Å². The van der Waals surface area contributed by atoms with Crippen LogP contribution in [0.4, 0.5) is 0 Å². The van der Waals surface area contributed by atoms with Crippen molar-refractivity contribution < 1.29 is 4.79 Å². The molecule has 1 saturated carbocycles. The summed E-state index contributed by atoms with van der Waals surface area (Å²) in [6, 6.07) is 0. The fraction of sp³-hybridized carbons (Fsp3) is 0.900. The van der Waals surface area contributed by atoms with Gasteiger partial charge in [0.05, 0.1) is 0 Å². The first-order valence-electron chi connectivity index (χ1n) is 4.90.